The molecule has 0 saturated carbocycles. The Morgan fingerprint density at radius 2 is 2.42 bits per heavy atom. The number of nitrogen functional groups attached to an aromatic ring is 1. The molecule has 0 spiro atoms. The number of methoxy groups -OCH3 is 1. The molecular formula is C7H7N3OS. The molecular weight excluding hydrogens is 174 g/mol. The van der Waals surface area contributed by atoms with Crippen LogP contribution in [0.3, 0.4) is 0 Å². The number of aromatic nitrogens is 2. The molecule has 62 valence electrons. The Kier molecular flexibility index (Phi) is 1.58. The standard InChI is InChI=1S/C7H7N3OS/c1-11-5-2-4(8)6-7(10-5)12-3-9-6/h2-3H,1H3,(H2,8,10). The molecule has 0 aliphatic heterocycles. The molecule has 0 aromatic carbocycles. The molecule has 0 amide bonds. The molecule has 2 aromatic heterocycles. The molecule has 0 aliphatic carbocycles. The predicted molar refractivity (Wildman–Crippen MR) is 48.4 cm³/mol. The Hall–Kier alpha value is -1.36. The van der Waals surface area contributed by atoms with Crippen LogP contribution >= 0.6 is 11.3 Å². The summed E-state index contributed by atoms with van der Waals surface area (Å²) in [4.78, 5) is 9.05. The van der Waals surface area contributed by atoms with Gasteiger partial charge < -0.3 is 10.5 Å². The van der Waals surface area contributed by atoms with Crippen molar-refractivity contribution in [2.24, 2.45) is 0 Å². The van der Waals surface area contributed by atoms with Gasteiger partial charge in [-0.15, -0.1) is 11.3 Å². The van der Waals surface area contributed by atoms with Crippen LogP contribution in [-0.2, 0) is 0 Å². The van der Waals surface area contributed by atoms with Crippen molar-refractivity contribution in [1.29, 1.82) is 0 Å². The second-order valence-corrected chi connectivity index (χ2v) is 3.09. The van der Waals surface area contributed by atoms with Gasteiger partial charge in [0.25, 0.3) is 0 Å². The maximum atomic E-state index is 5.70. The minimum absolute atomic E-state index is 0.532. The number of rotatable bonds is 1. The average Bonchev–Trinajstić information content (AvgIpc) is 2.52. The molecule has 0 bridgehead atoms. The molecule has 2 rings (SSSR count). The van der Waals surface area contributed by atoms with E-state index >= 15 is 0 Å². The molecule has 5 heteroatoms. The molecule has 2 aromatic rings. The maximum absolute atomic E-state index is 5.70. The summed E-state index contributed by atoms with van der Waals surface area (Å²) in [6, 6.07) is 1.67. The van der Waals surface area contributed by atoms with Crippen molar-refractivity contribution >= 4 is 27.4 Å². The average molecular weight is 181 g/mol. The molecule has 12 heavy (non-hydrogen) atoms. The molecule has 0 aliphatic rings. The van der Waals surface area contributed by atoms with Crippen molar-refractivity contribution in [3.63, 3.8) is 0 Å². The zero-order valence-electron chi connectivity index (χ0n) is 6.44. The van der Waals surface area contributed by atoms with Crippen molar-refractivity contribution in [3.05, 3.63) is 11.6 Å². The lowest BCUT2D eigenvalue weighted by molar-refractivity contribution is 0.400. The van der Waals surface area contributed by atoms with Gasteiger partial charge in [0.05, 0.1) is 18.3 Å². The zero-order chi connectivity index (χ0) is 8.55. The summed E-state index contributed by atoms with van der Waals surface area (Å²) in [5.41, 5.74) is 8.78. The second-order valence-electron chi connectivity index (χ2n) is 2.26. The van der Waals surface area contributed by atoms with E-state index in [4.69, 9.17) is 10.5 Å². The van der Waals surface area contributed by atoms with Crippen LogP contribution in [0.4, 0.5) is 5.69 Å². The van der Waals surface area contributed by atoms with Crippen LogP contribution in [0.25, 0.3) is 10.3 Å². The Morgan fingerprint density at radius 1 is 1.58 bits per heavy atom. The molecule has 0 atom stereocenters. The van der Waals surface area contributed by atoms with Crippen LogP contribution in [0.2, 0.25) is 0 Å². The summed E-state index contributed by atoms with van der Waals surface area (Å²) in [5, 5.41) is 0. The number of nitrogens with two attached hydrogens (primary N) is 1. The van der Waals surface area contributed by atoms with Crippen molar-refractivity contribution in [2.45, 2.75) is 0 Å². The third-order valence-corrected chi connectivity index (χ3v) is 2.24. The highest BCUT2D eigenvalue weighted by Gasteiger charge is 2.04. The normalized spacial score (nSPS) is 10.4. The van der Waals surface area contributed by atoms with E-state index in [9.17, 15) is 0 Å². The van der Waals surface area contributed by atoms with Gasteiger partial charge in [-0.2, -0.15) is 0 Å². The molecule has 2 N–H and O–H groups in total. The highest BCUT2D eigenvalue weighted by molar-refractivity contribution is 7.16. The van der Waals surface area contributed by atoms with E-state index in [1.165, 1.54) is 11.3 Å². The number of hydrogen-bond donors (Lipinski definition) is 1. The smallest absolute Gasteiger partial charge is 0.216 e. The van der Waals surface area contributed by atoms with Gasteiger partial charge in [-0.05, 0) is 0 Å². The molecule has 0 saturated heterocycles. The fraction of sp³-hybridized carbons (Fsp3) is 0.143. The third-order valence-electron chi connectivity index (χ3n) is 1.52. The van der Waals surface area contributed by atoms with Gasteiger partial charge in [-0.25, -0.2) is 9.97 Å². The molecule has 0 fully saturated rings. The molecule has 2 heterocycles. The van der Waals surface area contributed by atoms with Crippen LogP contribution in [-0.4, -0.2) is 17.1 Å². The Bertz CT molecular complexity index is 412. The Morgan fingerprint density at radius 3 is 3.17 bits per heavy atom. The lowest BCUT2D eigenvalue weighted by atomic mass is 10.4. The lowest BCUT2D eigenvalue weighted by Crippen LogP contribution is -1.92. The number of pyridine rings is 1. The van der Waals surface area contributed by atoms with Gasteiger partial charge in [0, 0.05) is 6.07 Å². The number of ether oxygens (including phenoxy) is 1. The summed E-state index contributed by atoms with van der Waals surface area (Å²) >= 11 is 1.45. The Balaban J connectivity index is 2.75. The first-order chi connectivity index (χ1) is 5.81. The minimum Gasteiger partial charge on any atom is -0.481 e. The monoisotopic (exact) mass is 181 g/mol. The fourth-order valence-corrected chi connectivity index (χ4v) is 1.64. The first-order valence-electron chi connectivity index (χ1n) is 3.35. The van der Waals surface area contributed by atoms with E-state index < -0.39 is 0 Å². The maximum Gasteiger partial charge on any atom is 0.216 e. The summed E-state index contributed by atoms with van der Waals surface area (Å²) in [6.07, 6.45) is 0. The summed E-state index contributed by atoms with van der Waals surface area (Å²) in [5.74, 6) is 0.532. The number of fused-ring (bicyclic) bond motifs is 1. The molecule has 0 radical (unpaired) electrons. The summed E-state index contributed by atoms with van der Waals surface area (Å²) < 4.78 is 4.96. The first-order valence-corrected chi connectivity index (χ1v) is 4.23. The van der Waals surface area contributed by atoms with E-state index in [0.717, 1.165) is 10.3 Å². The highest BCUT2D eigenvalue weighted by Crippen LogP contribution is 2.24. The number of anilines is 1. The number of nitrogens with zero attached hydrogens (tertiary/aromatic N) is 2. The Labute approximate surface area is 73.0 Å². The number of thiazole rings is 1. The summed E-state index contributed by atoms with van der Waals surface area (Å²) in [6.45, 7) is 0. The predicted octanol–water partition coefficient (Wildman–Crippen LogP) is 1.28. The highest BCUT2D eigenvalue weighted by atomic mass is 32.1. The van der Waals surface area contributed by atoms with E-state index in [2.05, 4.69) is 9.97 Å². The van der Waals surface area contributed by atoms with E-state index in [1.807, 2.05) is 0 Å². The van der Waals surface area contributed by atoms with Crippen molar-refractivity contribution in [3.8, 4) is 5.88 Å². The van der Waals surface area contributed by atoms with Crippen molar-refractivity contribution in [1.82, 2.24) is 9.97 Å². The molecule has 0 unspecified atom stereocenters. The van der Waals surface area contributed by atoms with Crippen LogP contribution < -0.4 is 10.5 Å². The first kappa shape index (κ1) is 7.30. The second kappa shape index (κ2) is 2.60. The van der Waals surface area contributed by atoms with Gasteiger partial charge >= 0.3 is 0 Å². The van der Waals surface area contributed by atoms with Crippen LogP contribution in [0, 0.1) is 0 Å². The fourth-order valence-electron chi connectivity index (χ4n) is 0.956. The molecule has 4 nitrogen and oxygen atoms in total. The van der Waals surface area contributed by atoms with E-state index in [1.54, 1.807) is 18.7 Å². The van der Waals surface area contributed by atoms with Crippen LogP contribution in [0.15, 0.2) is 11.6 Å². The van der Waals surface area contributed by atoms with Crippen LogP contribution in [0.5, 0.6) is 5.88 Å². The van der Waals surface area contributed by atoms with Gasteiger partial charge in [-0.3, -0.25) is 0 Å². The van der Waals surface area contributed by atoms with Gasteiger partial charge in [0.1, 0.15) is 10.3 Å². The lowest BCUT2D eigenvalue weighted by Gasteiger charge is -1.99. The van der Waals surface area contributed by atoms with E-state index in [0.29, 0.717) is 11.6 Å². The van der Waals surface area contributed by atoms with Crippen molar-refractivity contribution < 1.29 is 4.74 Å². The van der Waals surface area contributed by atoms with Crippen LogP contribution in [0.1, 0.15) is 0 Å². The van der Waals surface area contributed by atoms with Crippen molar-refractivity contribution in [2.75, 3.05) is 12.8 Å². The minimum atomic E-state index is 0.532. The van der Waals surface area contributed by atoms with Gasteiger partial charge in [0.2, 0.25) is 5.88 Å². The largest absolute Gasteiger partial charge is 0.481 e. The topological polar surface area (TPSA) is 61.0 Å². The third kappa shape index (κ3) is 0.984. The zero-order valence-corrected chi connectivity index (χ0v) is 7.26. The SMILES string of the molecule is COc1cc(N)c2ncsc2n1. The van der Waals surface area contributed by atoms with Gasteiger partial charge in [0.15, 0.2) is 0 Å². The van der Waals surface area contributed by atoms with E-state index in [-0.39, 0.29) is 0 Å². The quantitative estimate of drug-likeness (QED) is 0.720. The summed E-state index contributed by atoms with van der Waals surface area (Å²) in [7, 11) is 1.56. The van der Waals surface area contributed by atoms with Gasteiger partial charge in [-0.1, -0.05) is 0 Å². The number of hydrogen-bond acceptors (Lipinski definition) is 5.